The minimum Gasteiger partial charge on any atom is -0.491 e. The van der Waals surface area contributed by atoms with Crippen molar-refractivity contribution >= 4 is 23.8 Å². The monoisotopic (exact) mass is 375 g/mol. The third-order valence-electron chi connectivity index (χ3n) is 4.00. The summed E-state index contributed by atoms with van der Waals surface area (Å²) < 4.78 is 5.61. The molecule has 146 valence electrons. The predicted molar refractivity (Wildman–Crippen MR) is 98.1 cm³/mol. The van der Waals surface area contributed by atoms with E-state index in [4.69, 9.17) is 4.74 Å². The van der Waals surface area contributed by atoms with E-state index in [0.29, 0.717) is 4.90 Å². The minimum absolute atomic E-state index is 0.0295. The van der Waals surface area contributed by atoms with Gasteiger partial charge in [-0.15, -0.1) is 0 Å². The molecule has 0 radical (unpaired) electrons. The predicted octanol–water partition coefficient (Wildman–Crippen LogP) is 1.25. The van der Waals surface area contributed by atoms with E-state index in [-0.39, 0.29) is 25.6 Å². The smallest absolute Gasteiger partial charge is 0.334 e. The van der Waals surface area contributed by atoms with E-state index in [2.05, 4.69) is 5.32 Å². The maximum absolute atomic E-state index is 12.2. The molecule has 8 nitrogen and oxygen atoms in total. The second-order valence-corrected chi connectivity index (χ2v) is 6.95. The van der Waals surface area contributed by atoms with Crippen molar-refractivity contribution in [2.75, 3.05) is 26.2 Å². The van der Waals surface area contributed by atoms with Crippen LogP contribution in [0.4, 0.5) is 4.79 Å². The topological polar surface area (TPSA) is 96.0 Å². The molecule has 0 saturated carbocycles. The number of nitrogens with one attached hydrogen (secondary N) is 1. The van der Waals surface area contributed by atoms with Crippen molar-refractivity contribution in [1.29, 1.82) is 0 Å². The lowest BCUT2D eigenvalue weighted by molar-refractivity contribution is -0.144. The zero-order valence-corrected chi connectivity index (χ0v) is 16.1. The summed E-state index contributed by atoms with van der Waals surface area (Å²) in [6.45, 7) is 7.71. The molecular formula is C19H25N3O5. The number of rotatable bonds is 8. The Bertz CT molecular complexity index is 760. The Morgan fingerprint density at radius 3 is 2.41 bits per heavy atom. The fourth-order valence-corrected chi connectivity index (χ4v) is 2.73. The van der Waals surface area contributed by atoms with Crippen LogP contribution in [0.5, 0.6) is 5.75 Å². The van der Waals surface area contributed by atoms with Crippen molar-refractivity contribution in [2.24, 2.45) is 5.92 Å². The normalized spacial score (nSPS) is 14.3. The fourth-order valence-electron chi connectivity index (χ4n) is 2.73. The molecule has 1 aliphatic rings. The van der Waals surface area contributed by atoms with Gasteiger partial charge in [0.05, 0.1) is 6.54 Å². The molecule has 0 aromatic heterocycles. The molecule has 1 fully saturated rings. The summed E-state index contributed by atoms with van der Waals surface area (Å²) in [5.74, 6) is -1.63. The van der Waals surface area contributed by atoms with E-state index in [1.165, 1.54) is 0 Å². The van der Waals surface area contributed by atoms with Crippen LogP contribution in [0.1, 0.15) is 25.0 Å². The Morgan fingerprint density at radius 2 is 1.78 bits per heavy atom. The van der Waals surface area contributed by atoms with Gasteiger partial charge in [0.1, 0.15) is 18.9 Å². The summed E-state index contributed by atoms with van der Waals surface area (Å²) in [7, 11) is 0. The summed E-state index contributed by atoms with van der Waals surface area (Å²) in [5.41, 5.74) is 2.13. The maximum atomic E-state index is 12.2. The van der Waals surface area contributed by atoms with Gasteiger partial charge in [-0.3, -0.25) is 19.3 Å². The Balaban J connectivity index is 1.80. The average molecular weight is 375 g/mol. The van der Waals surface area contributed by atoms with Gasteiger partial charge in [0.25, 0.3) is 0 Å². The van der Waals surface area contributed by atoms with Gasteiger partial charge in [0.2, 0.25) is 5.91 Å². The van der Waals surface area contributed by atoms with Gasteiger partial charge in [0, 0.05) is 6.54 Å². The molecule has 0 unspecified atom stereocenters. The Kier molecular flexibility index (Phi) is 6.55. The van der Waals surface area contributed by atoms with Crippen LogP contribution in [-0.2, 0) is 14.4 Å². The number of hydrogen-bond donors (Lipinski definition) is 1. The van der Waals surface area contributed by atoms with Gasteiger partial charge in [-0.05, 0) is 31.4 Å². The van der Waals surface area contributed by atoms with Crippen LogP contribution in [0.15, 0.2) is 18.2 Å². The van der Waals surface area contributed by atoms with Crippen LogP contribution >= 0.6 is 0 Å². The molecule has 1 aromatic carbocycles. The third-order valence-corrected chi connectivity index (χ3v) is 4.00. The number of ether oxygens (including phenoxy) is 1. The second kappa shape index (κ2) is 8.66. The van der Waals surface area contributed by atoms with Crippen molar-refractivity contribution in [1.82, 2.24) is 15.1 Å². The van der Waals surface area contributed by atoms with Crippen LogP contribution in [0, 0.1) is 19.8 Å². The highest BCUT2D eigenvalue weighted by Crippen LogP contribution is 2.18. The van der Waals surface area contributed by atoms with Gasteiger partial charge in [-0.2, -0.15) is 0 Å². The number of carbonyl (C=O) groups excluding carboxylic acids is 4. The Labute approximate surface area is 158 Å². The summed E-state index contributed by atoms with van der Waals surface area (Å²) in [5, 5.41) is 2.58. The lowest BCUT2D eigenvalue weighted by Crippen LogP contribution is -2.42. The van der Waals surface area contributed by atoms with E-state index >= 15 is 0 Å². The first-order valence-electron chi connectivity index (χ1n) is 8.84. The van der Waals surface area contributed by atoms with Crippen molar-refractivity contribution in [3.63, 3.8) is 0 Å². The fraction of sp³-hybridized carbons (Fsp3) is 0.474. The van der Waals surface area contributed by atoms with Crippen LogP contribution in [0.3, 0.4) is 0 Å². The number of carbonyl (C=O) groups is 4. The first-order valence-corrected chi connectivity index (χ1v) is 8.84. The number of hydrogen-bond acceptors (Lipinski definition) is 5. The number of benzene rings is 1. The van der Waals surface area contributed by atoms with E-state index in [1.54, 1.807) is 0 Å². The van der Waals surface area contributed by atoms with Crippen molar-refractivity contribution < 1.29 is 23.9 Å². The molecule has 1 aliphatic heterocycles. The van der Waals surface area contributed by atoms with Gasteiger partial charge < -0.3 is 10.1 Å². The standard InChI is InChI=1S/C19H25N3O5/c1-12(2)10-21-17(24)18(25)22(19(21)26)11-16(23)20-7-8-27-15-6-5-13(3)9-14(15)4/h5-6,9,12H,7-8,10-11H2,1-4H3,(H,20,23). The molecule has 1 saturated heterocycles. The molecule has 0 spiro atoms. The number of urea groups is 1. The van der Waals surface area contributed by atoms with Gasteiger partial charge >= 0.3 is 17.8 Å². The van der Waals surface area contributed by atoms with Crippen molar-refractivity contribution in [3.05, 3.63) is 29.3 Å². The van der Waals surface area contributed by atoms with Crippen molar-refractivity contribution in [3.8, 4) is 5.75 Å². The molecule has 5 amide bonds. The third kappa shape index (κ3) is 5.06. The molecule has 1 N–H and O–H groups in total. The molecule has 2 rings (SSSR count). The Hall–Kier alpha value is -2.90. The molecule has 1 aromatic rings. The Morgan fingerprint density at radius 1 is 1.11 bits per heavy atom. The highest BCUT2D eigenvalue weighted by Gasteiger charge is 2.45. The largest absolute Gasteiger partial charge is 0.491 e. The van der Waals surface area contributed by atoms with Gasteiger partial charge in [-0.1, -0.05) is 31.5 Å². The summed E-state index contributed by atoms with van der Waals surface area (Å²) in [6.07, 6.45) is 0. The molecule has 0 bridgehead atoms. The highest BCUT2D eigenvalue weighted by atomic mass is 16.5. The maximum Gasteiger partial charge on any atom is 0.334 e. The summed E-state index contributed by atoms with van der Waals surface area (Å²) in [6, 6.07) is 5.05. The molecule has 0 atom stereocenters. The van der Waals surface area contributed by atoms with Crippen LogP contribution in [-0.4, -0.2) is 59.8 Å². The first-order chi connectivity index (χ1) is 12.7. The zero-order chi connectivity index (χ0) is 20.1. The van der Waals surface area contributed by atoms with Crippen LogP contribution < -0.4 is 10.1 Å². The number of amides is 5. The van der Waals surface area contributed by atoms with Gasteiger partial charge in [-0.25, -0.2) is 9.69 Å². The van der Waals surface area contributed by atoms with Crippen LogP contribution in [0.25, 0.3) is 0 Å². The minimum atomic E-state index is -0.970. The van der Waals surface area contributed by atoms with E-state index < -0.39 is 30.3 Å². The number of nitrogens with zero attached hydrogens (tertiary/aromatic N) is 2. The zero-order valence-electron chi connectivity index (χ0n) is 16.1. The lowest BCUT2D eigenvalue weighted by atomic mass is 10.1. The number of aryl methyl sites for hydroxylation is 2. The van der Waals surface area contributed by atoms with E-state index in [9.17, 15) is 19.2 Å². The average Bonchev–Trinajstić information content (AvgIpc) is 2.78. The summed E-state index contributed by atoms with van der Waals surface area (Å²) >= 11 is 0. The SMILES string of the molecule is Cc1ccc(OCCNC(=O)CN2C(=O)C(=O)N(CC(C)C)C2=O)c(C)c1. The lowest BCUT2D eigenvalue weighted by Gasteiger charge is -2.17. The van der Waals surface area contributed by atoms with Crippen molar-refractivity contribution in [2.45, 2.75) is 27.7 Å². The van der Waals surface area contributed by atoms with Gasteiger partial charge in [0.15, 0.2) is 0 Å². The first kappa shape index (κ1) is 20.4. The summed E-state index contributed by atoms with van der Waals surface area (Å²) in [4.78, 5) is 49.5. The van der Waals surface area contributed by atoms with Crippen LogP contribution in [0.2, 0.25) is 0 Å². The highest BCUT2D eigenvalue weighted by molar-refractivity contribution is 6.45. The van der Waals surface area contributed by atoms with E-state index in [1.807, 2.05) is 45.9 Å². The molecule has 27 heavy (non-hydrogen) atoms. The van der Waals surface area contributed by atoms with E-state index in [0.717, 1.165) is 21.8 Å². The molecule has 0 aliphatic carbocycles. The molecule has 8 heteroatoms. The molecule has 1 heterocycles. The quantitative estimate of drug-likeness (QED) is 0.419. The second-order valence-electron chi connectivity index (χ2n) is 6.95. The number of imide groups is 2. The molecular weight excluding hydrogens is 350 g/mol.